The van der Waals surface area contributed by atoms with Crippen molar-refractivity contribution in [1.82, 2.24) is 14.8 Å². The summed E-state index contributed by atoms with van der Waals surface area (Å²) in [6.07, 6.45) is 5.76. The van der Waals surface area contributed by atoms with Crippen LogP contribution < -0.4 is 5.32 Å². The van der Waals surface area contributed by atoms with E-state index in [0.29, 0.717) is 0 Å². The summed E-state index contributed by atoms with van der Waals surface area (Å²) in [5.41, 5.74) is 0. The Kier molecular flexibility index (Phi) is 6.26. The molecule has 0 spiro atoms. The minimum Gasteiger partial charge on any atom is -0.362 e. The number of nitrogens with one attached hydrogen (secondary N) is 1. The van der Waals surface area contributed by atoms with Crippen molar-refractivity contribution >= 4 is 16.5 Å². The maximum absolute atomic E-state index is 4.45. The van der Waals surface area contributed by atoms with E-state index in [1.807, 2.05) is 6.20 Å². The molecule has 1 aliphatic rings. The number of anilines is 1. The minimum absolute atomic E-state index is 0.729. The molecule has 2 heterocycles. The molecule has 1 saturated heterocycles. The third-order valence-corrected chi connectivity index (χ3v) is 5.05. The van der Waals surface area contributed by atoms with E-state index in [0.717, 1.165) is 30.7 Å². The molecular formula is C15H28N4S. The molecule has 0 bridgehead atoms. The minimum atomic E-state index is 0.729. The molecule has 1 aliphatic heterocycles. The molecule has 0 aliphatic carbocycles. The molecule has 5 heteroatoms. The first-order valence-corrected chi connectivity index (χ1v) is 8.65. The Bertz CT molecular complexity index is 385. The first-order chi connectivity index (χ1) is 9.72. The van der Waals surface area contributed by atoms with Crippen molar-refractivity contribution in [3.63, 3.8) is 0 Å². The fourth-order valence-corrected chi connectivity index (χ4v) is 3.65. The number of hydrogen-bond acceptors (Lipinski definition) is 5. The van der Waals surface area contributed by atoms with Crippen LogP contribution in [0.15, 0.2) is 6.20 Å². The number of nitrogens with zero attached hydrogens (tertiary/aromatic N) is 3. The van der Waals surface area contributed by atoms with Crippen molar-refractivity contribution in [2.45, 2.75) is 45.7 Å². The number of likely N-dealkylation sites (tertiary alicyclic amines) is 1. The van der Waals surface area contributed by atoms with E-state index in [-0.39, 0.29) is 0 Å². The fourth-order valence-electron chi connectivity index (χ4n) is 2.75. The van der Waals surface area contributed by atoms with Crippen LogP contribution in [0.2, 0.25) is 0 Å². The predicted octanol–water partition coefficient (Wildman–Crippen LogP) is 2.88. The Morgan fingerprint density at radius 2 is 2.15 bits per heavy atom. The summed E-state index contributed by atoms with van der Waals surface area (Å²) in [4.78, 5) is 10.9. The van der Waals surface area contributed by atoms with E-state index < -0.39 is 0 Å². The van der Waals surface area contributed by atoms with E-state index in [1.165, 1.54) is 37.4 Å². The number of piperidine rings is 1. The van der Waals surface area contributed by atoms with Crippen LogP contribution in [0, 0.1) is 0 Å². The number of aromatic nitrogens is 1. The fraction of sp³-hybridized carbons (Fsp3) is 0.800. The molecule has 1 fully saturated rings. The molecule has 0 atom stereocenters. The van der Waals surface area contributed by atoms with Crippen molar-refractivity contribution in [2.75, 3.05) is 38.5 Å². The van der Waals surface area contributed by atoms with Crippen molar-refractivity contribution in [1.29, 1.82) is 0 Å². The van der Waals surface area contributed by atoms with Crippen LogP contribution in [-0.4, -0.2) is 54.1 Å². The van der Waals surface area contributed by atoms with Gasteiger partial charge in [-0.1, -0.05) is 13.8 Å². The number of thiazole rings is 1. The van der Waals surface area contributed by atoms with Crippen LogP contribution in [0.25, 0.3) is 0 Å². The number of rotatable bonds is 7. The van der Waals surface area contributed by atoms with Gasteiger partial charge in [-0.2, -0.15) is 0 Å². The van der Waals surface area contributed by atoms with Crippen LogP contribution in [0.3, 0.4) is 0 Å². The van der Waals surface area contributed by atoms with Crippen LogP contribution in [0.4, 0.5) is 5.13 Å². The molecule has 2 rings (SSSR count). The van der Waals surface area contributed by atoms with Gasteiger partial charge in [0.15, 0.2) is 5.13 Å². The Balaban J connectivity index is 1.79. The molecule has 114 valence electrons. The van der Waals surface area contributed by atoms with Gasteiger partial charge in [-0.25, -0.2) is 4.98 Å². The Morgan fingerprint density at radius 1 is 1.40 bits per heavy atom. The second kappa shape index (κ2) is 7.96. The highest BCUT2D eigenvalue weighted by Crippen LogP contribution is 2.22. The SMILES string of the molecule is CCCNc1ncc(CN(C)C2CCN(CC)CC2)s1. The summed E-state index contributed by atoms with van der Waals surface area (Å²) < 4.78 is 0. The lowest BCUT2D eigenvalue weighted by Crippen LogP contribution is -2.42. The standard InChI is InChI=1S/C15H28N4S/c1-4-8-16-15-17-11-14(20-15)12-18(3)13-6-9-19(5-2)10-7-13/h11,13H,4-10,12H2,1-3H3,(H,16,17). The van der Waals surface area contributed by atoms with Crippen LogP contribution in [0.5, 0.6) is 0 Å². The van der Waals surface area contributed by atoms with Crippen LogP contribution in [-0.2, 0) is 6.54 Å². The van der Waals surface area contributed by atoms with Gasteiger partial charge >= 0.3 is 0 Å². The quantitative estimate of drug-likeness (QED) is 0.838. The molecule has 1 aromatic rings. The molecule has 1 N–H and O–H groups in total. The Labute approximate surface area is 127 Å². The van der Waals surface area contributed by atoms with Crippen LogP contribution in [0.1, 0.15) is 38.0 Å². The first-order valence-electron chi connectivity index (χ1n) is 7.84. The molecule has 4 nitrogen and oxygen atoms in total. The average molecular weight is 296 g/mol. The van der Waals surface area contributed by atoms with E-state index in [1.54, 1.807) is 11.3 Å². The summed E-state index contributed by atoms with van der Waals surface area (Å²) in [5.74, 6) is 0. The first kappa shape index (κ1) is 15.7. The van der Waals surface area contributed by atoms with E-state index in [2.05, 4.69) is 41.0 Å². The van der Waals surface area contributed by atoms with Crippen LogP contribution >= 0.6 is 11.3 Å². The zero-order valence-corrected chi connectivity index (χ0v) is 13.9. The third kappa shape index (κ3) is 4.43. The summed E-state index contributed by atoms with van der Waals surface area (Å²) in [6, 6.07) is 0.729. The maximum atomic E-state index is 4.45. The van der Waals surface area contributed by atoms with Gasteiger partial charge in [-0.15, -0.1) is 11.3 Å². The van der Waals surface area contributed by atoms with E-state index in [4.69, 9.17) is 0 Å². The monoisotopic (exact) mass is 296 g/mol. The summed E-state index contributed by atoms with van der Waals surface area (Å²) >= 11 is 1.80. The highest BCUT2D eigenvalue weighted by Gasteiger charge is 2.21. The van der Waals surface area contributed by atoms with Gasteiger partial charge in [-0.3, -0.25) is 4.90 Å². The van der Waals surface area contributed by atoms with E-state index in [9.17, 15) is 0 Å². The Hall–Kier alpha value is -0.650. The summed E-state index contributed by atoms with van der Waals surface area (Å²) in [6.45, 7) is 10.2. The van der Waals surface area contributed by atoms with Gasteiger partial charge in [0.05, 0.1) is 0 Å². The third-order valence-electron chi connectivity index (χ3n) is 4.11. The summed E-state index contributed by atoms with van der Waals surface area (Å²) in [5, 5.41) is 4.43. The second-order valence-electron chi connectivity index (χ2n) is 5.64. The largest absolute Gasteiger partial charge is 0.362 e. The second-order valence-corrected chi connectivity index (χ2v) is 6.75. The molecule has 0 unspecified atom stereocenters. The summed E-state index contributed by atoms with van der Waals surface area (Å²) in [7, 11) is 2.26. The van der Waals surface area contributed by atoms with Gasteiger partial charge in [-0.05, 0) is 45.9 Å². The van der Waals surface area contributed by atoms with E-state index >= 15 is 0 Å². The lowest BCUT2D eigenvalue weighted by atomic mass is 10.0. The van der Waals surface area contributed by atoms with Gasteiger partial charge in [0.2, 0.25) is 0 Å². The molecule has 0 radical (unpaired) electrons. The lowest BCUT2D eigenvalue weighted by Gasteiger charge is -2.36. The molecule has 0 saturated carbocycles. The lowest BCUT2D eigenvalue weighted by molar-refractivity contribution is 0.128. The highest BCUT2D eigenvalue weighted by atomic mass is 32.1. The topological polar surface area (TPSA) is 31.4 Å². The zero-order chi connectivity index (χ0) is 14.4. The van der Waals surface area contributed by atoms with Crippen molar-refractivity contribution in [3.05, 3.63) is 11.1 Å². The zero-order valence-electron chi connectivity index (χ0n) is 13.1. The molecular weight excluding hydrogens is 268 g/mol. The predicted molar refractivity (Wildman–Crippen MR) is 87.5 cm³/mol. The van der Waals surface area contributed by atoms with Gasteiger partial charge < -0.3 is 10.2 Å². The Morgan fingerprint density at radius 3 is 2.80 bits per heavy atom. The van der Waals surface area contributed by atoms with Crippen molar-refractivity contribution in [3.8, 4) is 0 Å². The molecule has 1 aromatic heterocycles. The van der Waals surface area contributed by atoms with Crippen molar-refractivity contribution in [2.24, 2.45) is 0 Å². The van der Waals surface area contributed by atoms with Gasteiger partial charge in [0.1, 0.15) is 0 Å². The van der Waals surface area contributed by atoms with Crippen molar-refractivity contribution < 1.29 is 0 Å². The molecule has 0 amide bonds. The van der Waals surface area contributed by atoms with Gasteiger partial charge in [0.25, 0.3) is 0 Å². The number of hydrogen-bond donors (Lipinski definition) is 1. The maximum Gasteiger partial charge on any atom is 0.182 e. The van der Waals surface area contributed by atoms with Gasteiger partial charge in [0, 0.05) is 30.2 Å². The normalized spacial score (nSPS) is 17.8. The molecule has 20 heavy (non-hydrogen) atoms. The average Bonchev–Trinajstić information content (AvgIpc) is 2.92. The highest BCUT2D eigenvalue weighted by molar-refractivity contribution is 7.15. The molecule has 0 aromatic carbocycles. The smallest absolute Gasteiger partial charge is 0.182 e.